The number of nitrogens with zero attached hydrogens (tertiary/aromatic N) is 2. The summed E-state index contributed by atoms with van der Waals surface area (Å²) in [6.07, 6.45) is 0. The number of rotatable bonds is 4. The number of hydrogen-bond acceptors (Lipinski definition) is 2. The lowest BCUT2D eigenvalue weighted by atomic mass is 10.2. The molecule has 1 amide bonds. The van der Waals surface area contributed by atoms with E-state index in [1.165, 1.54) is 0 Å². The summed E-state index contributed by atoms with van der Waals surface area (Å²) in [5, 5.41) is 8.46. The lowest BCUT2D eigenvalue weighted by Gasteiger charge is -2.07. The van der Waals surface area contributed by atoms with E-state index in [0.29, 0.717) is 6.54 Å². The minimum Gasteiger partial charge on any atom is -0.350 e. The Morgan fingerprint density at radius 1 is 1.23 bits per heavy atom. The Bertz CT molecular complexity index is 826. The SMILES string of the molecule is Cc1nn(CC(=O)NCc2cccc(Br)c2)c2ccccc12. The van der Waals surface area contributed by atoms with Crippen molar-refractivity contribution >= 4 is 32.7 Å². The molecule has 2 aromatic carbocycles. The summed E-state index contributed by atoms with van der Waals surface area (Å²) >= 11 is 3.43. The lowest BCUT2D eigenvalue weighted by molar-refractivity contribution is -0.121. The molecular weight excluding hydrogens is 342 g/mol. The summed E-state index contributed by atoms with van der Waals surface area (Å²) in [6, 6.07) is 15.8. The van der Waals surface area contributed by atoms with Crippen LogP contribution in [0.2, 0.25) is 0 Å². The molecule has 0 aliphatic heterocycles. The molecule has 0 aliphatic rings. The second kappa shape index (κ2) is 6.32. The van der Waals surface area contributed by atoms with Gasteiger partial charge in [-0.1, -0.05) is 46.3 Å². The minimum atomic E-state index is -0.0479. The van der Waals surface area contributed by atoms with Crippen LogP contribution in [0.3, 0.4) is 0 Å². The maximum atomic E-state index is 12.1. The van der Waals surface area contributed by atoms with Gasteiger partial charge in [0, 0.05) is 16.4 Å². The molecule has 0 aliphatic carbocycles. The lowest BCUT2D eigenvalue weighted by Crippen LogP contribution is -2.27. The zero-order valence-corrected chi connectivity index (χ0v) is 13.8. The van der Waals surface area contributed by atoms with Crippen LogP contribution in [0.5, 0.6) is 0 Å². The summed E-state index contributed by atoms with van der Waals surface area (Å²) < 4.78 is 2.76. The zero-order chi connectivity index (χ0) is 15.5. The van der Waals surface area contributed by atoms with E-state index in [-0.39, 0.29) is 12.5 Å². The number of hydrogen-bond donors (Lipinski definition) is 1. The fourth-order valence-electron chi connectivity index (χ4n) is 2.45. The number of aryl methyl sites for hydroxylation is 1. The maximum Gasteiger partial charge on any atom is 0.242 e. The normalized spacial score (nSPS) is 10.8. The quantitative estimate of drug-likeness (QED) is 0.777. The van der Waals surface area contributed by atoms with E-state index in [1.54, 1.807) is 4.68 Å². The van der Waals surface area contributed by atoms with E-state index in [1.807, 2.05) is 55.5 Å². The maximum absolute atomic E-state index is 12.1. The van der Waals surface area contributed by atoms with Gasteiger partial charge in [-0.2, -0.15) is 5.10 Å². The Morgan fingerprint density at radius 3 is 2.86 bits per heavy atom. The standard InChI is InChI=1S/C17H16BrN3O/c1-12-15-7-2-3-8-16(15)21(20-12)11-17(22)19-10-13-5-4-6-14(18)9-13/h2-9H,10-11H2,1H3,(H,19,22). The third kappa shape index (κ3) is 3.20. The smallest absolute Gasteiger partial charge is 0.242 e. The van der Waals surface area contributed by atoms with Crippen molar-refractivity contribution in [2.45, 2.75) is 20.0 Å². The molecule has 0 fully saturated rings. The molecule has 22 heavy (non-hydrogen) atoms. The molecule has 3 aromatic rings. The fraction of sp³-hybridized carbons (Fsp3) is 0.176. The highest BCUT2D eigenvalue weighted by atomic mass is 79.9. The minimum absolute atomic E-state index is 0.0479. The van der Waals surface area contributed by atoms with Crippen LogP contribution in [0.4, 0.5) is 0 Å². The third-order valence-corrected chi connectivity index (χ3v) is 4.01. The van der Waals surface area contributed by atoms with Crippen molar-refractivity contribution in [1.29, 1.82) is 0 Å². The van der Waals surface area contributed by atoms with E-state index in [2.05, 4.69) is 26.3 Å². The zero-order valence-electron chi connectivity index (χ0n) is 12.2. The number of aromatic nitrogens is 2. The fourth-order valence-corrected chi connectivity index (χ4v) is 2.90. The molecule has 1 heterocycles. The summed E-state index contributed by atoms with van der Waals surface area (Å²) in [5.74, 6) is -0.0479. The summed E-state index contributed by atoms with van der Waals surface area (Å²) in [7, 11) is 0. The van der Waals surface area contributed by atoms with Gasteiger partial charge in [0.2, 0.25) is 5.91 Å². The van der Waals surface area contributed by atoms with E-state index in [0.717, 1.165) is 26.6 Å². The predicted molar refractivity (Wildman–Crippen MR) is 90.5 cm³/mol. The van der Waals surface area contributed by atoms with Gasteiger partial charge in [-0.3, -0.25) is 9.48 Å². The second-order valence-electron chi connectivity index (χ2n) is 5.17. The van der Waals surface area contributed by atoms with Gasteiger partial charge in [0.25, 0.3) is 0 Å². The Kier molecular flexibility index (Phi) is 4.24. The van der Waals surface area contributed by atoms with Crippen molar-refractivity contribution in [1.82, 2.24) is 15.1 Å². The molecule has 0 bridgehead atoms. The first-order valence-corrected chi connectivity index (χ1v) is 7.86. The molecule has 4 nitrogen and oxygen atoms in total. The van der Waals surface area contributed by atoms with Gasteiger partial charge >= 0.3 is 0 Å². The van der Waals surface area contributed by atoms with Crippen molar-refractivity contribution in [2.75, 3.05) is 0 Å². The second-order valence-corrected chi connectivity index (χ2v) is 6.08. The third-order valence-electron chi connectivity index (χ3n) is 3.51. The number of para-hydroxylation sites is 1. The molecule has 0 atom stereocenters. The van der Waals surface area contributed by atoms with E-state index in [4.69, 9.17) is 0 Å². The first-order valence-electron chi connectivity index (χ1n) is 7.07. The average Bonchev–Trinajstić information content (AvgIpc) is 2.82. The number of benzene rings is 2. The predicted octanol–water partition coefficient (Wildman–Crippen LogP) is 3.42. The van der Waals surface area contributed by atoms with Crippen LogP contribution in [0.1, 0.15) is 11.3 Å². The average molecular weight is 358 g/mol. The highest BCUT2D eigenvalue weighted by Gasteiger charge is 2.09. The Balaban J connectivity index is 1.68. The van der Waals surface area contributed by atoms with Crippen molar-refractivity contribution in [2.24, 2.45) is 0 Å². The van der Waals surface area contributed by atoms with Crippen LogP contribution in [-0.2, 0) is 17.9 Å². The number of carbonyl (C=O) groups excluding carboxylic acids is 1. The van der Waals surface area contributed by atoms with E-state index in [9.17, 15) is 4.79 Å². The highest BCUT2D eigenvalue weighted by molar-refractivity contribution is 9.10. The largest absolute Gasteiger partial charge is 0.350 e. The van der Waals surface area contributed by atoms with Crippen molar-refractivity contribution < 1.29 is 4.79 Å². The number of amides is 1. The molecule has 0 spiro atoms. The number of fused-ring (bicyclic) bond motifs is 1. The summed E-state index contributed by atoms with van der Waals surface area (Å²) in [5.41, 5.74) is 2.98. The molecule has 5 heteroatoms. The molecule has 0 saturated carbocycles. The Hall–Kier alpha value is -2.14. The van der Waals surface area contributed by atoms with Gasteiger partial charge in [0.05, 0.1) is 11.2 Å². The van der Waals surface area contributed by atoms with Crippen LogP contribution in [-0.4, -0.2) is 15.7 Å². The van der Waals surface area contributed by atoms with Crippen molar-refractivity contribution in [3.63, 3.8) is 0 Å². The monoisotopic (exact) mass is 357 g/mol. The van der Waals surface area contributed by atoms with Crippen molar-refractivity contribution in [3.8, 4) is 0 Å². The van der Waals surface area contributed by atoms with Crippen LogP contribution >= 0.6 is 15.9 Å². The molecule has 1 N–H and O–H groups in total. The Morgan fingerprint density at radius 2 is 2.05 bits per heavy atom. The topological polar surface area (TPSA) is 46.9 Å². The van der Waals surface area contributed by atoms with Crippen LogP contribution < -0.4 is 5.32 Å². The summed E-state index contributed by atoms with van der Waals surface area (Å²) in [4.78, 5) is 12.1. The molecule has 1 aromatic heterocycles. The van der Waals surface area contributed by atoms with Crippen LogP contribution in [0.15, 0.2) is 53.0 Å². The number of carbonyl (C=O) groups is 1. The molecule has 112 valence electrons. The van der Waals surface area contributed by atoms with Crippen molar-refractivity contribution in [3.05, 3.63) is 64.3 Å². The number of nitrogens with one attached hydrogen (secondary N) is 1. The number of halogens is 1. The van der Waals surface area contributed by atoms with Crippen LogP contribution in [0, 0.1) is 6.92 Å². The van der Waals surface area contributed by atoms with Gasteiger partial charge < -0.3 is 5.32 Å². The summed E-state index contributed by atoms with van der Waals surface area (Å²) in [6.45, 7) is 2.69. The van der Waals surface area contributed by atoms with E-state index < -0.39 is 0 Å². The van der Waals surface area contributed by atoms with E-state index >= 15 is 0 Å². The molecule has 0 saturated heterocycles. The van der Waals surface area contributed by atoms with Gasteiger partial charge in [0.15, 0.2) is 0 Å². The first kappa shape index (κ1) is 14.8. The van der Waals surface area contributed by atoms with Gasteiger partial charge in [0.1, 0.15) is 6.54 Å². The highest BCUT2D eigenvalue weighted by Crippen LogP contribution is 2.17. The molecule has 0 radical (unpaired) electrons. The molecular formula is C17H16BrN3O. The van der Waals surface area contributed by atoms with Gasteiger partial charge in [-0.05, 0) is 30.7 Å². The Labute approximate surface area is 137 Å². The van der Waals surface area contributed by atoms with Crippen LogP contribution in [0.25, 0.3) is 10.9 Å². The first-order chi connectivity index (χ1) is 10.6. The van der Waals surface area contributed by atoms with Gasteiger partial charge in [-0.15, -0.1) is 0 Å². The molecule has 3 rings (SSSR count). The molecule has 0 unspecified atom stereocenters. The van der Waals surface area contributed by atoms with Gasteiger partial charge in [-0.25, -0.2) is 0 Å².